The Morgan fingerprint density at radius 2 is 1.59 bits per heavy atom. The van der Waals surface area contributed by atoms with Gasteiger partial charge < -0.3 is 19.7 Å². The predicted molar refractivity (Wildman–Crippen MR) is 145 cm³/mol. The van der Waals surface area contributed by atoms with Gasteiger partial charge in [0, 0.05) is 18.3 Å². The minimum Gasteiger partial charge on any atom is -0.454 e. The number of fused-ring (bicyclic) bond motifs is 2. The van der Waals surface area contributed by atoms with Gasteiger partial charge in [-0.3, -0.25) is 9.59 Å². The molecule has 0 saturated heterocycles. The van der Waals surface area contributed by atoms with Gasteiger partial charge in [0.1, 0.15) is 18.1 Å². The highest BCUT2D eigenvalue weighted by atomic mass is 16.7. The summed E-state index contributed by atoms with van der Waals surface area (Å²) in [4.78, 5) is 29.5. The highest BCUT2D eigenvalue weighted by Crippen LogP contribution is 2.35. The normalized spacial score (nSPS) is 12.7. The monoisotopic (exact) mass is 519 g/mol. The maximum Gasteiger partial charge on any atom is 0.251 e. The van der Waals surface area contributed by atoms with E-state index in [4.69, 9.17) is 9.47 Å². The number of nitrogens with one attached hydrogen (secondary N) is 1. The summed E-state index contributed by atoms with van der Waals surface area (Å²) in [6.07, 6.45) is 0. The van der Waals surface area contributed by atoms with E-state index in [9.17, 15) is 9.59 Å². The van der Waals surface area contributed by atoms with Crippen LogP contribution in [0.3, 0.4) is 0 Å². The molecule has 0 aliphatic carbocycles. The first-order valence-corrected chi connectivity index (χ1v) is 12.5. The summed E-state index contributed by atoms with van der Waals surface area (Å²) in [5.74, 6) is 0.546. The number of amides is 2. The highest BCUT2D eigenvalue weighted by Gasteiger charge is 2.32. The molecule has 39 heavy (non-hydrogen) atoms. The van der Waals surface area contributed by atoms with E-state index in [0.717, 1.165) is 11.1 Å². The van der Waals surface area contributed by atoms with Crippen LogP contribution in [0.1, 0.15) is 17.2 Å². The molecule has 1 atom stereocenters. The lowest BCUT2D eigenvalue weighted by molar-refractivity contribution is -0.140. The summed E-state index contributed by atoms with van der Waals surface area (Å²) in [6.45, 7) is 0.282. The molecule has 1 aliphatic heterocycles. The number of hydrogen-bond acceptors (Lipinski definition) is 6. The summed E-state index contributed by atoms with van der Waals surface area (Å²) < 4.78 is 12.4. The predicted octanol–water partition coefficient (Wildman–Crippen LogP) is 4.57. The zero-order chi connectivity index (χ0) is 26.6. The first-order chi connectivity index (χ1) is 19.2. The van der Waals surface area contributed by atoms with Crippen LogP contribution in [-0.2, 0) is 22.7 Å². The topological polar surface area (TPSA) is 98.6 Å². The molecule has 0 bridgehead atoms. The van der Waals surface area contributed by atoms with Crippen molar-refractivity contribution in [2.75, 3.05) is 12.1 Å². The van der Waals surface area contributed by atoms with E-state index in [1.807, 2.05) is 84.9 Å². The zero-order valence-corrected chi connectivity index (χ0v) is 20.9. The standard InChI is InChI=1S/C30H25N5O4/c36-28(19-35-25-14-8-7-13-24(25)32-33-35)34(18-21-9-3-1-4-10-21)29(22-11-5-2-6-12-22)30(37)31-23-15-16-26-27(17-23)39-20-38-26/h1-17,29H,18-20H2,(H,31,37)/t29-/m0/s1. The number of hydrogen-bond donors (Lipinski definition) is 1. The second-order valence-corrected chi connectivity index (χ2v) is 9.11. The van der Waals surface area contributed by atoms with E-state index in [1.165, 1.54) is 0 Å². The van der Waals surface area contributed by atoms with Crippen LogP contribution in [0.25, 0.3) is 11.0 Å². The lowest BCUT2D eigenvalue weighted by Gasteiger charge is -2.31. The second kappa shape index (κ2) is 10.7. The minimum absolute atomic E-state index is 0.0754. The molecule has 2 amide bonds. The van der Waals surface area contributed by atoms with E-state index in [1.54, 1.807) is 27.8 Å². The molecule has 0 spiro atoms. The van der Waals surface area contributed by atoms with E-state index in [0.29, 0.717) is 28.3 Å². The quantitative estimate of drug-likeness (QED) is 0.323. The number of carbonyl (C=O) groups excluding carboxylic acids is 2. The van der Waals surface area contributed by atoms with Crippen LogP contribution in [0.4, 0.5) is 5.69 Å². The van der Waals surface area contributed by atoms with Gasteiger partial charge in [0.2, 0.25) is 12.7 Å². The van der Waals surface area contributed by atoms with Gasteiger partial charge >= 0.3 is 0 Å². The van der Waals surface area contributed by atoms with Gasteiger partial charge in [0.05, 0.1) is 5.52 Å². The Morgan fingerprint density at radius 3 is 2.41 bits per heavy atom. The van der Waals surface area contributed by atoms with Gasteiger partial charge in [0.25, 0.3) is 5.91 Å². The third-order valence-electron chi connectivity index (χ3n) is 6.54. The molecule has 0 unspecified atom stereocenters. The van der Waals surface area contributed by atoms with Gasteiger partial charge in [0.15, 0.2) is 11.5 Å². The van der Waals surface area contributed by atoms with Crippen molar-refractivity contribution in [3.05, 3.63) is 114 Å². The van der Waals surface area contributed by atoms with Crippen molar-refractivity contribution < 1.29 is 19.1 Å². The van der Waals surface area contributed by atoms with Crippen molar-refractivity contribution in [3.63, 3.8) is 0 Å². The smallest absolute Gasteiger partial charge is 0.251 e. The third-order valence-corrected chi connectivity index (χ3v) is 6.54. The summed E-state index contributed by atoms with van der Waals surface area (Å²) in [7, 11) is 0. The van der Waals surface area contributed by atoms with Crippen LogP contribution < -0.4 is 14.8 Å². The van der Waals surface area contributed by atoms with E-state index < -0.39 is 6.04 Å². The first-order valence-electron chi connectivity index (χ1n) is 12.5. The molecule has 0 radical (unpaired) electrons. The fourth-order valence-corrected chi connectivity index (χ4v) is 4.65. The maximum atomic E-state index is 14.0. The summed E-state index contributed by atoms with van der Waals surface area (Å²) in [5, 5.41) is 11.4. The van der Waals surface area contributed by atoms with Crippen molar-refractivity contribution >= 4 is 28.5 Å². The Balaban J connectivity index is 1.36. The Labute approximate surface area is 224 Å². The summed E-state index contributed by atoms with van der Waals surface area (Å²) in [5.41, 5.74) is 3.56. The molecule has 6 rings (SSSR count). The van der Waals surface area contributed by atoms with Crippen molar-refractivity contribution in [2.24, 2.45) is 0 Å². The molecule has 4 aromatic carbocycles. The largest absolute Gasteiger partial charge is 0.454 e. The Bertz CT molecular complexity index is 1620. The molecular weight excluding hydrogens is 494 g/mol. The van der Waals surface area contributed by atoms with Gasteiger partial charge in [-0.25, -0.2) is 4.68 Å². The van der Waals surface area contributed by atoms with Crippen LogP contribution >= 0.6 is 0 Å². The van der Waals surface area contributed by atoms with Crippen molar-refractivity contribution in [1.82, 2.24) is 19.9 Å². The van der Waals surface area contributed by atoms with Crippen LogP contribution in [0, 0.1) is 0 Å². The molecule has 5 aromatic rings. The maximum absolute atomic E-state index is 14.0. The summed E-state index contributed by atoms with van der Waals surface area (Å²) in [6, 6.07) is 30.6. The molecule has 9 nitrogen and oxygen atoms in total. The highest BCUT2D eigenvalue weighted by molar-refractivity contribution is 5.98. The first kappa shape index (κ1) is 24.2. The fraction of sp³-hybridized carbons (Fsp3) is 0.133. The van der Waals surface area contributed by atoms with Crippen molar-refractivity contribution in [1.29, 1.82) is 0 Å². The molecule has 9 heteroatoms. The van der Waals surface area contributed by atoms with Gasteiger partial charge in [-0.15, -0.1) is 5.10 Å². The molecule has 0 saturated carbocycles. The average Bonchev–Trinajstić information content (AvgIpc) is 3.61. The minimum atomic E-state index is -0.917. The Morgan fingerprint density at radius 1 is 0.872 bits per heavy atom. The number of benzene rings is 4. The Kier molecular flexibility index (Phi) is 6.61. The van der Waals surface area contributed by atoms with Crippen molar-refractivity contribution in [3.8, 4) is 11.5 Å². The average molecular weight is 520 g/mol. The van der Waals surface area contributed by atoms with Gasteiger partial charge in [-0.05, 0) is 35.4 Å². The molecular formula is C30H25N5O4. The number of anilines is 1. The van der Waals surface area contributed by atoms with Crippen LogP contribution in [-0.4, -0.2) is 38.5 Å². The van der Waals surface area contributed by atoms with Crippen LogP contribution in [0.15, 0.2) is 103 Å². The molecule has 0 fully saturated rings. The third kappa shape index (κ3) is 5.15. The lowest BCUT2D eigenvalue weighted by Crippen LogP contribution is -2.42. The SMILES string of the molecule is O=C(Nc1ccc2c(c1)OCO2)[C@H](c1ccccc1)N(Cc1ccccc1)C(=O)Cn1nnc2ccccc21. The number of aromatic nitrogens is 3. The molecule has 2 heterocycles. The second-order valence-electron chi connectivity index (χ2n) is 9.11. The Hall–Kier alpha value is -5.18. The van der Waals surface area contributed by atoms with Crippen LogP contribution in [0.2, 0.25) is 0 Å². The van der Waals surface area contributed by atoms with Gasteiger partial charge in [-0.2, -0.15) is 0 Å². The molecule has 194 valence electrons. The van der Waals surface area contributed by atoms with Crippen molar-refractivity contribution in [2.45, 2.75) is 19.1 Å². The number of rotatable bonds is 8. The number of para-hydroxylation sites is 1. The van der Waals surface area contributed by atoms with E-state index in [2.05, 4.69) is 15.6 Å². The van der Waals surface area contributed by atoms with Gasteiger partial charge in [-0.1, -0.05) is 78.0 Å². The number of nitrogens with zero attached hydrogens (tertiary/aromatic N) is 4. The number of carbonyl (C=O) groups is 2. The summed E-state index contributed by atoms with van der Waals surface area (Å²) >= 11 is 0. The van der Waals surface area contributed by atoms with E-state index >= 15 is 0 Å². The zero-order valence-electron chi connectivity index (χ0n) is 20.9. The fourth-order valence-electron chi connectivity index (χ4n) is 4.65. The number of ether oxygens (including phenoxy) is 2. The lowest BCUT2D eigenvalue weighted by atomic mass is 10.0. The van der Waals surface area contributed by atoms with E-state index in [-0.39, 0.29) is 31.7 Å². The molecule has 1 aliphatic rings. The molecule has 1 N–H and O–H groups in total. The van der Waals surface area contributed by atoms with Crippen LogP contribution in [0.5, 0.6) is 11.5 Å². The molecule has 1 aromatic heterocycles.